The molecule has 0 aliphatic carbocycles. The summed E-state index contributed by atoms with van der Waals surface area (Å²) in [5.74, 6) is 0.347. The fourth-order valence-electron chi connectivity index (χ4n) is 7.32. The van der Waals surface area contributed by atoms with E-state index in [9.17, 15) is 4.79 Å². The first kappa shape index (κ1) is 25.2. The van der Waals surface area contributed by atoms with Crippen LogP contribution < -0.4 is 20.7 Å². The first-order chi connectivity index (χ1) is 18.7. The lowest BCUT2D eigenvalue weighted by Crippen LogP contribution is -2.80. The molecule has 0 bridgehead atoms. The summed E-state index contributed by atoms with van der Waals surface area (Å²) in [6.45, 7) is 0. The van der Waals surface area contributed by atoms with Crippen LogP contribution in [-0.4, -0.2) is 27.4 Å². The van der Waals surface area contributed by atoms with Crippen molar-refractivity contribution in [3.8, 4) is 0 Å². The van der Waals surface area contributed by atoms with E-state index < -0.39 is 21.6 Å². The highest BCUT2D eigenvalue weighted by atomic mass is 28.4. The Kier molecular flexibility index (Phi) is 7.04. The second kappa shape index (κ2) is 10.6. The van der Waals surface area contributed by atoms with Crippen LogP contribution in [0.3, 0.4) is 0 Å². The van der Waals surface area contributed by atoms with Crippen molar-refractivity contribution in [2.24, 2.45) is 0 Å². The molecule has 0 aromatic heterocycles. The van der Waals surface area contributed by atoms with Gasteiger partial charge in [-0.1, -0.05) is 151 Å². The standard InChI is InChI=1S/C34H36O2Si2/c35-33-25-13-15-27-37(29-17-5-1-6-18-29,30-19-7-2-8-20-30)34(33)26-14-16-28-38(36-34,31-21-9-3-10-22-31)32-23-11-4-12-24-32/h1-12,17-24H,13-16,25-28H2. The molecular weight excluding hydrogens is 497 g/mol. The van der Waals surface area contributed by atoms with Crippen molar-refractivity contribution in [1.82, 2.24) is 0 Å². The van der Waals surface area contributed by atoms with Gasteiger partial charge in [0.15, 0.2) is 13.9 Å². The van der Waals surface area contributed by atoms with Gasteiger partial charge < -0.3 is 4.43 Å². The van der Waals surface area contributed by atoms with Gasteiger partial charge in [0.05, 0.1) is 0 Å². The van der Waals surface area contributed by atoms with Crippen LogP contribution in [0.5, 0.6) is 0 Å². The number of hydrogen-bond acceptors (Lipinski definition) is 2. The van der Waals surface area contributed by atoms with Gasteiger partial charge in [-0.25, -0.2) is 0 Å². The third-order valence-electron chi connectivity index (χ3n) is 9.01. The summed E-state index contributed by atoms with van der Waals surface area (Å²) in [5, 5.41) is 4.46. The van der Waals surface area contributed by atoms with Crippen LogP contribution in [0.15, 0.2) is 121 Å². The molecule has 1 unspecified atom stereocenters. The van der Waals surface area contributed by atoms with Crippen molar-refractivity contribution in [3.63, 3.8) is 0 Å². The molecule has 2 nitrogen and oxygen atoms in total. The normalized spacial score (nSPS) is 22.9. The quantitative estimate of drug-likeness (QED) is 0.336. The lowest BCUT2D eigenvalue weighted by atomic mass is 10.0. The zero-order valence-corrected chi connectivity index (χ0v) is 24.0. The molecule has 38 heavy (non-hydrogen) atoms. The van der Waals surface area contributed by atoms with E-state index in [1.54, 1.807) is 0 Å². The Bertz CT molecular complexity index is 1280. The summed E-state index contributed by atoms with van der Waals surface area (Å²) in [6, 6.07) is 45.8. The fraction of sp³-hybridized carbons (Fsp3) is 0.265. The molecule has 0 saturated carbocycles. The van der Waals surface area contributed by atoms with Crippen molar-refractivity contribution < 1.29 is 9.22 Å². The molecule has 192 valence electrons. The monoisotopic (exact) mass is 532 g/mol. The minimum atomic E-state index is -2.75. The van der Waals surface area contributed by atoms with Gasteiger partial charge in [-0.3, -0.25) is 4.79 Å². The lowest BCUT2D eigenvalue weighted by molar-refractivity contribution is -0.129. The van der Waals surface area contributed by atoms with Crippen molar-refractivity contribution in [1.29, 1.82) is 0 Å². The average Bonchev–Trinajstić information content (AvgIpc) is 3.29. The summed E-state index contributed by atoms with van der Waals surface area (Å²) in [6.07, 6.45) is 5.55. The van der Waals surface area contributed by atoms with E-state index in [1.807, 2.05) is 0 Å². The first-order valence-electron chi connectivity index (χ1n) is 14.2. The Hall–Kier alpha value is -3.06. The van der Waals surface area contributed by atoms with E-state index in [1.165, 1.54) is 20.7 Å². The van der Waals surface area contributed by atoms with E-state index >= 15 is 0 Å². The number of hydrogen-bond donors (Lipinski definition) is 0. The van der Waals surface area contributed by atoms with Gasteiger partial charge in [0.1, 0.15) is 5.22 Å². The SMILES string of the molecule is O=C1CCCC[Si](c2ccccc2)(c2ccccc2)C12CCCC[Si](c1ccccc1)(c1ccccc1)O2. The highest BCUT2D eigenvalue weighted by Crippen LogP contribution is 2.44. The predicted octanol–water partition coefficient (Wildman–Crippen LogP) is 5.24. The molecule has 0 amide bonds. The fourth-order valence-corrected chi connectivity index (χ4v) is 18.6. The minimum absolute atomic E-state index is 0.347. The first-order valence-corrected chi connectivity index (χ1v) is 18.5. The van der Waals surface area contributed by atoms with Crippen LogP contribution in [0.2, 0.25) is 12.1 Å². The van der Waals surface area contributed by atoms with E-state index in [2.05, 4.69) is 121 Å². The van der Waals surface area contributed by atoms with Crippen LogP contribution in [0.4, 0.5) is 0 Å². The smallest absolute Gasteiger partial charge is 0.256 e. The highest BCUT2D eigenvalue weighted by Gasteiger charge is 2.64. The van der Waals surface area contributed by atoms with E-state index in [0.29, 0.717) is 12.2 Å². The van der Waals surface area contributed by atoms with Gasteiger partial charge >= 0.3 is 0 Å². The lowest BCUT2D eigenvalue weighted by Gasteiger charge is -2.51. The Balaban J connectivity index is 1.68. The van der Waals surface area contributed by atoms with Gasteiger partial charge in [-0.2, -0.15) is 0 Å². The van der Waals surface area contributed by atoms with E-state index in [0.717, 1.165) is 44.2 Å². The van der Waals surface area contributed by atoms with Gasteiger partial charge in [-0.15, -0.1) is 0 Å². The van der Waals surface area contributed by atoms with Crippen LogP contribution in [-0.2, 0) is 9.22 Å². The number of rotatable bonds is 4. The van der Waals surface area contributed by atoms with Gasteiger partial charge in [0.2, 0.25) is 0 Å². The Morgan fingerprint density at radius 3 is 1.47 bits per heavy atom. The number of benzene rings is 4. The van der Waals surface area contributed by atoms with Crippen LogP contribution in [0.25, 0.3) is 0 Å². The molecule has 4 heteroatoms. The molecule has 6 rings (SSSR count). The molecular formula is C34H36O2Si2. The maximum atomic E-state index is 14.8. The maximum Gasteiger partial charge on any atom is 0.256 e. The predicted molar refractivity (Wildman–Crippen MR) is 162 cm³/mol. The van der Waals surface area contributed by atoms with Gasteiger partial charge in [0.25, 0.3) is 8.32 Å². The molecule has 1 atom stereocenters. The molecule has 4 aromatic carbocycles. The number of carbonyl (C=O) groups excluding carboxylic acids is 1. The van der Waals surface area contributed by atoms with Gasteiger partial charge in [0, 0.05) is 6.42 Å². The minimum Gasteiger partial charge on any atom is -0.397 e. The summed E-state index contributed by atoms with van der Waals surface area (Å²) < 4.78 is 7.97. The molecule has 2 heterocycles. The van der Waals surface area contributed by atoms with Crippen LogP contribution in [0.1, 0.15) is 38.5 Å². The van der Waals surface area contributed by atoms with Crippen molar-refractivity contribution in [2.75, 3.05) is 0 Å². The van der Waals surface area contributed by atoms with E-state index in [4.69, 9.17) is 4.43 Å². The summed E-state index contributed by atoms with van der Waals surface area (Å²) in [5.41, 5.74) is 0. The summed E-state index contributed by atoms with van der Waals surface area (Å²) >= 11 is 0. The molecule has 0 radical (unpaired) electrons. The Labute approximate surface area is 228 Å². The molecule has 2 aliphatic rings. The third kappa shape index (κ3) is 4.06. The largest absolute Gasteiger partial charge is 0.397 e. The highest BCUT2D eigenvalue weighted by molar-refractivity contribution is 7.07. The average molecular weight is 533 g/mol. The zero-order chi connectivity index (χ0) is 25.9. The van der Waals surface area contributed by atoms with Crippen LogP contribution >= 0.6 is 0 Å². The molecule has 4 aromatic rings. The Morgan fingerprint density at radius 2 is 0.974 bits per heavy atom. The molecule has 2 fully saturated rings. The van der Waals surface area contributed by atoms with Crippen molar-refractivity contribution in [3.05, 3.63) is 121 Å². The number of carbonyl (C=O) groups is 1. The second-order valence-corrected chi connectivity index (χ2v) is 18.7. The number of Topliss-reactive ketones (excluding diaryl/α,β-unsaturated/α-hetero) is 1. The Morgan fingerprint density at radius 1 is 0.526 bits per heavy atom. The summed E-state index contributed by atoms with van der Waals surface area (Å²) in [4.78, 5) is 14.8. The van der Waals surface area contributed by atoms with Crippen LogP contribution in [0, 0.1) is 0 Å². The molecule has 0 N–H and O–H groups in total. The zero-order valence-electron chi connectivity index (χ0n) is 22.0. The van der Waals surface area contributed by atoms with Gasteiger partial charge in [-0.05, 0) is 35.3 Å². The topological polar surface area (TPSA) is 26.3 Å². The number of ketones is 1. The van der Waals surface area contributed by atoms with Crippen molar-refractivity contribution >= 4 is 42.9 Å². The van der Waals surface area contributed by atoms with E-state index in [-0.39, 0.29) is 0 Å². The molecule has 2 aliphatic heterocycles. The maximum absolute atomic E-state index is 14.8. The van der Waals surface area contributed by atoms with Crippen molar-refractivity contribution in [2.45, 2.75) is 55.8 Å². The summed E-state index contributed by atoms with van der Waals surface area (Å²) in [7, 11) is -5.47. The third-order valence-corrected chi connectivity index (χ3v) is 19.3. The second-order valence-electron chi connectivity index (χ2n) is 11.0. The molecule has 2 saturated heterocycles. The molecule has 1 spiro atoms.